The number of halogens is 2. The summed E-state index contributed by atoms with van der Waals surface area (Å²) >= 11 is 1.57. The first-order valence-electron chi connectivity index (χ1n) is 11.7. The first-order valence-corrected chi connectivity index (χ1v) is 12.5. The lowest BCUT2D eigenvalue weighted by Crippen LogP contribution is -2.63. The molecule has 2 heterocycles. The lowest BCUT2D eigenvalue weighted by atomic mass is 9.93. The molecule has 8 nitrogen and oxygen atoms in total. The molecule has 2 aromatic rings. The van der Waals surface area contributed by atoms with Gasteiger partial charge in [-0.05, 0) is 45.9 Å². The minimum absolute atomic E-state index is 0.0679. The number of carbonyl (C=O) groups is 3. The van der Waals surface area contributed by atoms with E-state index in [4.69, 9.17) is 5.11 Å². The van der Waals surface area contributed by atoms with E-state index in [2.05, 4.69) is 29.8 Å². The van der Waals surface area contributed by atoms with Crippen LogP contribution in [-0.2, 0) is 9.59 Å². The smallest absolute Gasteiger partial charge is 0.323 e. The Morgan fingerprint density at radius 1 is 1.22 bits per heavy atom. The zero-order valence-electron chi connectivity index (χ0n) is 21.6. The zero-order chi connectivity index (χ0) is 27.5. The fraction of sp³-hybridized carbons (Fsp3) is 0.480. The van der Waals surface area contributed by atoms with Crippen LogP contribution in [0.25, 0.3) is 0 Å². The second-order valence-corrected chi connectivity index (χ2v) is 9.91. The number of carbonyl (C=O) groups excluding carboxylic acids is 3. The Labute approximate surface area is 215 Å². The number of hydrogen-bond acceptors (Lipinski definition) is 5. The Hall–Kier alpha value is -3.05. The Bertz CT molecular complexity index is 1050. The number of aliphatic hydroxyl groups excluding tert-OH is 1. The van der Waals surface area contributed by atoms with Gasteiger partial charge in [-0.2, -0.15) is 0 Å². The van der Waals surface area contributed by atoms with Crippen LogP contribution < -0.4 is 16.0 Å². The summed E-state index contributed by atoms with van der Waals surface area (Å²) in [5.41, 5.74) is 0.143. The Morgan fingerprint density at radius 2 is 1.83 bits per heavy atom. The highest BCUT2D eigenvalue weighted by Gasteiger charge is 2.40. The number of anilines is 2. The van der Waals surface area contributed by atoms with E-state index in [0.717, 1.165) is 15.8 Å². The topological polar surface area (TPSA) is 111 Å². The predicted molar refractivity (Wildman–Crippen MR) is 139 cm³/mol. The van der Waals surface area contributed by atoms with Gasteiger partial charge < -0.3 is 26.0 Å². The molecule has 3 rings (SSSR count). The highest BCUT2D eigenvalue weighted by atomic mass is 32.1. The third-order valence-electron chi connectivity index (χ3n) is 5.36. The molecule has 1 aromatic carbocycles. The molecule has 200 valence electrons. The van der Waals surface area contributed by atoms with Gasteiger partial charge in [0.05, 0.1) is 5.69 Å². The molecule has 0 radical (unpaired) electrons. The fourth-order valence-electron chi connectivity index (χ4n) is 3.32. The van der Waals surface area contributed by atoms with E-state index >= 15 is 0 Å². The molecule has 4 amide bonds. The molecular weight excluding hydrogens is 490 g/mol. The first kappa shape index (κ1) is 31.0. The standard InChI is InChI=1S/C14H14F2N2OS.C8H14N2O3.C3H8/c1-7-6-12(9(3)20-7)18-14(19)17-11-5-4-10(15)13(16)8(11)2;1-8(2-5-11)7(13)9-3-4-10(8)6-12;1-3-2/h4-6H,1-3H3,(H2,17,18,19);6,11H,2-5H2,1H3,(H,9,13);3H2,1-2H3. The largest absolute Gasteiger partial charge is 0.396 e. The summed E-state index contributed by atoms with van der Waals surface area (Å²) in [4.78, 5) is 37.5. The van der Waals surface area contributed by atoms with Crippen LogP contribution in [0.4, 0.5) is 25.0 Å². The average Bonchev–Trinajstić information content (AvgIpc) is 3.13. The molecule has 4 N–H and O–H groups in total. The van der Waals surface area contributed by atoms with Crippen LogP contribution in [-0.4, -0.2) is 53.6 Å². The Balaban J connectivity index is 0.000000349. The third-order valence-corrected chi connectivity index (χ3v) is 6.33. The number of nitrogens with one attached hydrogen (secondary N) is 3. The van der Waals surface area contributed by atoms with Crippen LogP contribution in [0.1, 0.15) is 48.9 Å². The number of rotatable bonds is 5. The number of aryl methyl sites for hydroxylation is 2. The van der Waals surface area contributed by atoms with E-state index in [1.54, 1.807) is 18.3 Å². The second kappa shape index (κ2) is 14.5. The van der Waals surface area contributed by atoms with E-state index < -0.39 is 23.2 Å². The van der Waals surface area contributed by atoms with Crippen LogP contribution in [0.5, 0.6) is 0 Å². The van der Waals surface area contributed by atoms with Gasteiger partial charge in [-0.15, -0.1) is 11.3 Å². The summed E-state index contributed by atoms with van der Waals surface area (Å²) in [5, 5.41) is 16.7. The highest BCUT2D eigenvalue weighted by Crippen LogP contribution is 2.26. The van der Waals surface area contributed by atoms with Crippen molar-refractivity contribution in [3.8, 4) is 0 Å². The molecule has 0 saturated carbocycles. The van der Waals surface area contributed by atoms with Gasteiger partial charge in [0.25, 0.3) is 0 Å². The van der Waals surface area contributed by atoms with Gasteiger partial charge in [-0.3, -0.25) is 9.59 Å². The molecule has 0 spiro atoms. The minimum atomic E-state index is -0.953. The summed E-state index contributed by atoms with van der Waals surface area (Å²) in [6.45, 7) is 12.1. The molecule has 1 atom stereocenters. The lowest BCUT2D eigenvalue weighted by Gasteiger charge is -2.41. The summed E-state index contributed by atoms with van der Waals surface area (Å²) in [7, 11) is 0. The molecular formula is C25H36F2N4O4S. The van der Waals surface area contributed by atoms with Crippen LogP contribution in [0.2, 0.25) is 0 Å². The SMILES string of the molecule is CC1(CCO)C(=O)NCCN1C=O.CCC.Cc1cc(NC(=O)Nc2ccc(F)c(F)c2C)c(C)s1. The second-order valence-electron chi connectivity index (χ2n) is 8.45. The molecule has 1 aliphatic rings. The Morgan fingerprint density at radius 3 is 2.36 bits per heavy atom. The fourth-order valence-corrected chi connectivity index (χ4v) is 4.20. The number of aliphatic hydroxyl groups is 1. The van der Waals surface area contributed by atoms with Crippen LogP contribution >= 0.6 is 11.3 Å². The number of hydrogen-bond donors (Lipinski definition) is 4. The van der Waals surface area contributed by atoms with Crippen molar-refractivity contribution in [3.63, 3.8) is 0 Å². The molecule has 0 aliphatic carbocycles. The average molecular weight is 527 g/mol. The van der Waals surface area contributed by atoms with Gasteiger partial charge in [0.2, 0.25) is 12.3 Å². The van der Waals surface area contributed by atoms with Crippen molar-refractivity contribution < 1.29 is 28.3 Å². The molecule has 36 heavy (non-hydrogen) atoms. The molecule has 1 aromatic heterocycles. The minimum Gasteiger partial charge on any atom is -0.396 e. The normalized spacial score (nSPS) is 16.6. The monoisotopic (exact) mass is 526 g/mol. The highest BCUT2D eigenvalue weighted by molar-refractivity contribution is 7.12. The van der Waals surface area contributed by atoms with E-state index in [1.165, 1.54) is 24.3 Å². The number of benzene rings is 1. The number of thiophene rings is 1. The van der Waals surface area contributed by atoms with Gasteiger partial charge in [0, 0.05) is 47.1 Å². The van der Waals surface area contributed by atoms with Gasteiger partial charge in [-0.25, -0.2) is 13.6 Å². The van der Waals surface area contributed by atoms with Crippen LogP contribution in [0.15, 0.2) is 18.2 Å². The quantitative estimate of drug-likeness (QED) is 0.422. The maximum absolute atomic E-state index is 13.4. The van der Waals surface area contributed by atoms with Crippen molar-refractivity contribution in [2.75, 3.05) is 30.3 Å². The lowest BCUT2D eigenvalue weighted by molar-refractivity contribution is -0.144. The van der Waals surface area contributed by atoms with E-state index in [0.29, 0.717) is 25.2 Å². The number of nitrogens with zero attached hydrogens (tertiary/aromatic N) is 1. The van der Waals surface area contributed by atoms with Gasteiger partial charge >= 0.3 is 6.03 Å². The molecule has 1 fully saturated rings. The van der Waals surface area contributed by atoms with Gasteiger partial charge in [0.15, 0.2) is 11.6 Å². The molecule has 1 unspecified atom stereocenters. The number of piperazine rings is 1. The first-order chi connectivity index (χ1) is 16.9. The van der Waals surface area contributed by atoms with Crippen molar-refractivity contribution in [2.45, 2.75) is 59.9 Å². The van der Waals surface area contributed by atoms with E-state index in [1.807, 2.05) is 19.9 Å². The van der Waals surface area contributed by atoms with Crippen molar-refractivity contribution in [3.05, 3.63) is 45.2 Å². The van der Waals surface area contributed by atoms with Gasteiger partial charge in [0.1, 0.15) is 5.54 Å². The third kappa shape index (κ3) is 8.27. The molecule has 0 bridgehead atoms. The van der Waals surface area contributed by atoms with E-state index in [-0.39, 0.29) is 30.2 Å². The predicted octanol–water partition coefficient (Wildman–Crippen LogP) is 4.73. The molecule has 11 heteroatoms. The molecule has 1 saturated heterocycles. The van der Waals surface area contributed by atoms with Crippen molar-refractivity contribution in [1.82, 2.24) is 10.2 Å². The maximum atomic E-state index is 13.4. The summed E-state index contributed by atoms with van der Waals surface area (Å²) in [6, 6.07) is 3.69. The van der Waals surface area contributed by atoms with E-state index in [9.17, 15) is 23.2 Å². The van der Waals surface area contributed by atoms with Gasteiger partial charge in [-0.1, -0.05) is 20.3 Å². The van der Waals surface area contributed by atoms with Crippen molar-refractivity contribution >= 4 is 41.1 Å². The van der Waals surface area contributed by atoms with Crippen LogP contribution in [0, 0.1) is 32.4 Å². The van der Waals surface area contributed by atoms with Crippen molar-refractivity contribution in [2.24, 2.45) is 0 Å². The van der Waals surface area contributed by atoms with Crippen molar-refractivity contribution in [1.29, 1.82) is 0 Å². The van der Waals surface area contributed by atoms with Crippen LogP contribution in [0.3, 0.4) is 0 Å². The maximum Gasteiger partial charge on any atom is 0.323 e. The zero-order valence-corrected chi connectivity index (χ0v) is 22.4. The summed E-state index contributed by atoms with van der Waals surface area (Å²) in [5.74, 6) is -2.08. The Kier molecular flexibility index (Phi) is 12.5. The number of urea groups is 1. The molecule has 1 aliphatic heterocycles. The number of amides is 4. The summed E-state index contributed by atoms with van der Waals surface area (Å²) in [6.07, 6.45) is 2.19. The summed E-state index contributed by atoms with van der Waals surface area (Å²) < 4.78 is 26.4.